The van der Waals surface area contributed by atoms with Gasteiger partial charge in [-0.15, -0.1) is 0 Å². The number of phenolic OH excluding ortho intramolecular Hbond substituents is 1. The van der Waals surface area contributed by atoms with Crippen molar-refractivity contribution < 1.29 is 24.1 Å². The van der Waals surface area contributed by atoms with Crippen LogP contribution in [0.15, 0.2) is 42.0 Å². The standard InChI is InChI=1S/C20H20O5/c1-3-23-17-8-5-13(10-19(17)24-4-2)9-14-12-25-18-11-15(21)6-7-16(18)20(14)22/h5-11,21H,3-4,12H2,1-2H3. The fraction of sp³-hybridized carbons (Fsp3) is 0.250. The Morgan fingerprint density at radius 3 is 2.60 bits per heavy atom. The molecule has 2 aromatic rings. The molecule has 0 saturated carbocycles. The highest BCUT2D eigenvalue weighted by atomic mass is 16.5. The molecule has 1 heterocycles. The topological polar surface area (TPSA) is 65.0 Å². The van der Waals surface area contributed by atoms with Gasteiger partial charge in [-0.05, 0) is 49.8 Å². The van der Waals surface area contributed by atoms with Gasteiger partial charge < -0.3 is 19.3 Å². The second-order valence-corrected chi connectivity index (χ2v) is 5.54. The summed E-state index contributed by atoms with van der Waals surface area (Å²) in [4.78, 5) is 12.6. The van der Waals surface area contributed by atoms with Crippen molar-refractivity contribution >= 4 is 11.9 Å². The third-order valence-electron chi connectivity index (χ3n) is 3.79. The minimum atomic E-state index is -0.104. The van der Waals surface area contributed by atoms with Crippen LogP contribution >= 0.6 is 0 Å². The van der Waals surface area contributed by atoms with Gasteiger partial charge in [-0.25, -0.2) is 0 Å². The lowest BCUT2D eigenvalue weighted by Crippen LogP contribution is -2.18. The molecule has 0 saturated heterocycles. The summed E-state index contributed by atoms with van der Waals surface area (Å²) in [5.41, 5.74) is 1.83. The van der Waals surface area contributed by atoms with Crippen molar-refractivity contribution in [3.05, 3.63) is 53.1 Å². The van der Waals surface area contributed by atoms with Gasteiger partial charge in [0, 0.05) is 11.6 Å². The van der Waals surface area contributed by atoms with Gasteiger partial charge in [0.05, 0.1) is 18.8 Å². The number of benzene rings is 2. The Labute approximate surface area is 146 Å². The fourth-order valence-electron chi connectivity index (χ4n) is 2.68. The highest BCUT2D eigenvalue weighted by Gasteiger charge is 2.23. The van der Waals surface area contributed by atoms with Crippen LogP contribution in [-0.2, 0) is 0 Å². The number of hydrogen-bond acceptors (Lipinski definition) is 5. The van der Waals surface area contributed by atoms with Crippen LogP contribution in [0.25, 0.3) is 6.08 Å². The van der Waals surface area contributed by atoms with E-state index < -0.39 is 0 Å². The number of carbonyl (C=O) groups is 1. The van der Waals surface area contributed by atoms with Gasteiger partial charge in [-0.1, -0.05) is 6.07 Å². The smallest absolute Gasteiger partial charge is 0.196 e. The van der Waals surface area contributed by atoms with Crippen LogP contribution in [0.1, 0.15) is 29.8 Å². The maximum atomic E-state index is 12.6. The van der Waals surface area contributed by atoms with Crippen molar-refractivity contribution in [2.24, 2.45) is 0 Å². The van der Waals surface area contributed by atoms with Crippen LogP contribution in [0.5, 0.6) is 23.0 Å². The zero-order chi connectivity index (χ0) is 17.8. The molecule has 5 nitrogen and oxygen atoms in total. The van der Waals surface area contributed by atoms with E-state index in [2.05, 4.69) is 0 Å². The van der Waals surface area contributed by atoms with Gasteiger partial charge in [-0.3, -0.25) is 4.79 Å². The van der Waals surface area contributed by atoms with Crippen LogP contribution in [-0.4, -0.2) is 30.7 Å². The summed E-state index contributed by atoms with van der Waals surface area (Å²) in [5, 5.41) is 9.49. The summed E-state index contributed by atoms with van der Waals surface area (Å²) < 4.78 is 16.8. The molecular weight excluding hydrogens is 320 g/mol. The predicted octanol–water partition coefficient (Wildman–Crippen LogP) is 3.85. The summed E-state index contributed by atoms with van der Waals surface area (Å²) in [6, 6.07) is 10.1. The largest absolute Gasteiger partial charge is 0.508 e. The number of phenols is 1. The van der Waals surface area contributed by atoms with E-state index in [1.165, 1.54) is 12.1 Å². The van der Waals surface area contributed by atoms with Crippen molar-refractivity contribution in [1.29, 1.82) is 0 Å². The first-order chi connectivity index (χ1) is 12.1. The lowest BCUT2D eigenvalue weighted by Gasteiger charge is -2.19. The van der Waals surface area contributed by atoms with Crippen LogP contribution < -0.4 is 14.2 Å². The molecule has 0 unspecified atom stereocenters. The van der Waals surface area contributed by atoms with Gasteiger partial charge in [0.25, 0.3) is 0 Å². The normalized spacial score (nSPS) is 14.8. The highest BCUT2D eigenvalue weighted by molar-refractivity contribution is 6.14. The number of fused-ring (bicyclic) bond motifs is 1. The van der Waals surface area contributed by atoms with Crippen LogP contribution in [0.4, 0.5) is 0 Å². The predicted molar refractivity (Wildman–Crippen MR) is 94.7 cm³/mol. The number of rotatable bonds is 5. The van der Waals surface area contributed by atoms with Gasteiger partial charge in [0.2, 0.25) is 0 Å². The number of ketones is 1. The first-order valence-electron chi connectivity index (χ1n) is 8.23. The number of ether oxygens (including phenoxy) is 3. The SMILES string of the molecule is CCOc1ccc(C=C2COc3cc(O)ccc3C2=O)cc1OCC. The second kappa shape index (κ2) is 7.30. The minimum Gasteiger partial charge on any atom is -0.508 e. The average Bonchev–Trinajstić information content (AvgIpc) is 2.60. The van der Waals surface area contributed by atoms with Crippen LogP contribution in [0.3, 0.4) is 0 Å². The average molecular weight is 340 g/mol. The molecular formula is C20H20O5. The molecule has 0 spiro atoms. The van der Waals surface area contributed by atoms with E-state index in [1.807, 2.05) is 32.0 Å². The molecule has 3 rings (SSSR count). The quantitative estimate of drug-likeness (QED) is 0.838. The van der Waals surface area contributed by atoms with Crippen LogP contribution in [0, 0.1) is 0 Å². The summed E-state index contributed by atoms with van der Waals surface area (Å²) in [6.07, 6.45) is 1.79. The van der Waals surface area contributed by atoms with E-state index in [4.69, 9.17) is 14.2 Å². The van der Waals surface area contributed by atoms with Gasteiger partial charge in [0.15, 0.2) is 17.3 Å². The zero-order valence-electron chi connectivity index (χ0n) is 14.2. The molecule has 1 aliphatic heterocycles. The highest BCUT2D eigenvalue weighted by Crippen LogP contribution is 2.33. The molecule has 0 radical (unpaired) electrons. The van der Waals surface area contributed by atoms with Crippen molar-refractivity contribution in [2.45, 2.75) is 13.8 Å². The summed E-state index contributed by atoms with van der Waals surface area (Å²) in [5.74, 6) is 1.70. The monoisotopic (exact) mass is 340 g/mol. The number of Topliss-reactive ketones (excluding diaryl/α,β-unsaturated/α-hetero) is 1. The Morgan fingerprint density at radius 2 is 1.84 bits per heavy atom. The minimum absolute atomic E-state index is 0.0758. The molecule has 1 N–H and O–H groups in total. The van der Waals surface area contributed by atoms with Gasteiger partial charge in [0.1, 0.15) is 18.1 Å². The molecule has 25 heavy (non-hydrogen) atoms. The molecule has 0 amide bonds. The number of aromatic hydroxyl groups is 1. The molecule has 0 aliphatic carbocycles. The number of hydrogen-bond donors (Lipinski definition) is 1. The molecule has 0 aromatic heterocycles. The second-order valence-electron chi connectivity index (χ2n) is 5.54. The lowest BCUT2D eigenvalue weighted by atomic mass is 9.98. The molecule has 130 valence electrons. The van der Waals surface area contributed by atoms with E-state index in [-0.39, 0.29) is 18.1 Å². The Kier molecular flexibility index (Phi) is 4.93. The van der Waals surface area contributed by atoms with Gasteiger partial charge in [-0.2, -0.15) is 0 Å². The molecule has 1 aliphatic rings. The molecule has 0 atom stereocenters. The third-order valence-corrected chi connectivity index (χ3v) is 3.79. The van der Waals surface area contributed by atoms with E-state index >= 15 is 0 Å². The van der Waals surface area contributed by atoms with Crippen molar-refractivity contribution in [3.63, 3.8) is 0 Å². The first kappa shape index (κ1) is 16.9. The van der Waals surface area contributed by atoms with E-state index in [9.17, 15) is 9.90 Å². The van der Waals surface area contributed by atoms with Crippen molar-refractivity contribution in [2.75, 3.05) is 19.8 Å². The molecule has 0 bridgehead atoms. The van der Waals surface area contributed by atoms with Crippen LogP contribution in [0.2, 0.25) is 0 Å². The molecule has 5 heteroatoms. The summed E-state index contributed by atoms with van der Waals surface area (Å²) in [7, 11) is 0. The summed E-state index contributed by atoms with van der Waals surface area (Å²) in [6.45, 7) is 5.06. The molecule has 0 fully saturated rings. The summed E-state index contributed by atoms with van der Waals surface area (Å²) >= 11 is 0. The van der Waals surface area contributed by atoms with Crippen molar-refractivity contribution in [3.8, 4) is 23.0 Å². The van der Waals surface area contributed by atoms with Gasteiger partial charge >= 0.3 is 0 Å². The maximum Gasteiger partial charge on any atom is 0.196 e. The Hall–Kier alpha value is -2.95. The van der Waals surface area contributed by atoms with E-state index in [1.54, 1.807) is 12.1 Å². The third kappa shape index (κ3) is 3.60. The Balaban J connectivity index is 1.91. The Bertz CT molecular complexity index is 823. The van der Waals surface area contributed by atoms with E-state index in [0.717, 1.165) is 5.56 Å². The lowest BCUT2D eigenvalue weighted by molar-refractivity contribution is 0.100. The maximum absolute atomic E-state index is 12.6. The fourth-order valence-corrected chi connectivity index (χ4v) is 2.68. The number of carbonyl (C=O) groups excluding carboxylic acids is 1. The molecule has 2 aromatic carbocycles. The first-order valence-corrected chi connectivity index (χ1v) is 8.23. The zero-order valence-corrected chi connectivity index (χ0v) is 14.2. The van der Waals surface area contributed by atoms with E-state index in [0.29, 0.717) is 41.6 Å². The Morgan fingerprint density at radius 1 is 1.08 bits per heavy atom. The van der Waals surface area contributed by atoms with Crippen molar-refractivity contribution in [1.82, 2.24) is 0 Å².